The molecular weight excluding hydrogens is 370 g/mol. The van der Waals surface area contributed by atoms with E-state index in [1.165, 1.54) is 15.3 Å². The number of halogens is 1. The number of carboxylic acid groups (broad SMARTS) is 1. The molecule has 1 aliphatic rings. The Morgan fingerprint density at radius 1 is 1.48 bits per heavy atom. The van der Waals surface area contributed by atoms with Gasteiger partial charge in [-0.25, -0.2) is 0 Å². The normalized spacial score (nSPS) is 20.8. The third-order valence-corrected chi connectivity index (χ3v) is 6.57. The van der Waals surface area contributed by atoms with E-state index < -0.39 is 5.97 Å². The number of aliphatic carboxylic acids is 1. The maximum Gasteiger partial charge on any atom is 0.320 e. The van der Waals surface area contributed by atoms with Gasteiger partial charge in [-0.2, -0.15) is 0 Å². The summed E-state index contributed by atoms with van der Waals surface area (Å²) < 4.78 is 1.09. The first-order valence-electron chi connectivity index (χ1n) is 6.85. The second kappa shape index (κ2) is 6.20. The third-order valence-electron chi connectivity index (χ3n) is 3.79. The lowest BCUT2D eigenvalue weighted by molar-refractivity contribution is -0.142. The van der Waals surface area contributed by atoms with Crippen LogP contribution in [0.1, 0.15) is 34.2 Å². The summed E-state index contributed by atoms with van der Waals surface area (Å²) in [5, 5.41) is 11.6. The minimum atomic E-state index is -0.707. The molecule has 0 saturated carbocycles. The zero-order valence-corrected chi connectivity index (χ0v) is 14.8. The van der Waals surface area contributed by atoms with Gasteiger partial charge < -0.3 is 5.11 Å². The second-order valence-electron chi connectivity index (χ2n) is 5.30. The van der Waals surface area contributed by atoms with Gasteiger partial charge in [0.1, 0.15) is 6.04 Å². The van der Waals surface area contributed by atoms with Crippen LogP contribution in [-0.4, -0.2) is 28.6 Å². The molecule has 3 nitrogen and oxygen atoms in total. The van der Waals surface area contributed by atoms with Crippen molar-refractivity contribution in [1.82, 2.24) is 4.90 Å². The molecule has 2 aromatic heterocycles. The van der Waals surface area contributed by atoms with Gasteiger partial charge in [0.15, 0.2) is 0 Å². The molecule has 0 amide bonds. The largest absolute Gasteiger partial charge is 0.480 e. The molecule has 1 aliphatic heterocycles. The maximum absolute atomic E-state index is 11.5. The summed E-state index contributed by atoms with van der Waals surface area (Å²) in [6.45, 7) is 2.92. The van der Waals surface area contributed by atoms with Crippen LogP contribution in [0.3, 0.4) is 0 Å². The number of nitrogens with zero attached hydrogens (tertiary/aromatic N) is 1. The van der Waals surface area contributed by atoms with E-state index in [4.69, 9.17) is 0 Å². The van der Waals surface area contributed by atoms with Crippen molar-refractivity contribution in [2.24, 2.45) is 0 Å². The van der Waals surface area contributed by atoms with Crippen molar-refractivity contribution in [3.63, 3.8) is 0 Å². The fourth-order valence-corrected chi connectivity index (χ4v) is 5.58. The number of thiophene rings is 2. The van der Waals surface area contributed by atoms with Gasteiger partial charge in [0.25, 0.3) is 0 Å². The molecule has 1 N–H and O–H groups in total. The minimum absolute atomic E-state index is 0.0589. The van der Waals surface area contributed by atoms with Gasteiger partial charge in [0, 0.05) is 16.3 Å². The molecule has 0 bridgehead atoms. The van der Waals surface area contributed by atoms with E-state index in [-0.39, 0.29) is 12.1 Å². The predicted octanol–water partition coefficient (Wildman–Crippen LogP) is 4.52. The van der Waals surface area contributed by atoms with Crippen LogP contribution >= 0.6 is 38.6 Å². The van der Waals surface area contributed by atoms with Gasteiger partial charge in [0.05, 0.1) is 9.83 Å². The highest BCUT2D eigenvalue weighted by atomic mass is 79.9. The van der Waals surface area contributed by atoms with Crippen molar-refractivity contribution >= 4 is 44.6 Å². The average Bonchev–Trinajstić information content (AvgIpc) is 3.13. The Morgan fingerprint density at radius 3 is 2.86 bits per heavy atom. The van der Waals surface area contributed by atoms with Gasteiger partial charge in [0.2, 0.25) is 0 Å². The van der Waals surface area contributed by atoms with Crippen molar-refractivity contribution in [3.8, 4) is 0 Å². The van der Waals surface area contributed by atoms with Crippen LogP contribution in [0.5, 0.6) is 0 Å². The van der Waals surface area contributed by atoms with Crippen molar-refractivity contribution in [2.45, 2.75) is 31.8 Å². The number of carbonyl (C=O) groups is 1. The maximum atomic E-state index is 11.5. The molecule has 1 saturated heterocycles. The van der Waals surface area contributed by atoms with E-state index in [9.17, 15) is 9.90 Å². The minimum Gasteiger partial charge on any atom is -0.480 e. The van der Waals surface area contributed by atoms with Gasteiger partial charge in [-0.05, 0) is 64.8 Å². The van der Waals surface area contributed by atoms with Crippen LogP contribution < -0.4 is 0 Å². The molecule has 1 fully saturated rings. The number of aryl methyl sites for hydroxylation is 1. The van der Waals surface area contributed by atoms with Gasteiger partial charge in [-0.3, -0.25) is 9.69 Å². The fourth-order valence-electron chi connectivity index (χ4n) is 2.90. The highest BCUT2D eigenvalue weighted by Gasteiger charge is 2.37. The molecule has 21 heavy (non-hydrogen) atoms. The van der Waals surface area contributed by atoms with Crippen LogP contribution in [0.15, 0.2) is 27.4 Å². The summed E-state index contributed by atoms with van der Waals surface area (Å²) in [7, 11) is 0. The molecule has 3 rings (SSSR count). The van der Waals surface area contributed by atoms with Gasteiger partial charge in [-0.1, -0.05) is 0 Å². The zero-order valence-electron chi connectivity index (χ0n) is 11.6. The predicted molar refractivity (Wildman–Crippen MR) is 90.3 cm³/mol. The molecule has 3 heterocycles. The molecular formula is C15H16BrNO2S2. The number of likely N-dealkylation sites (tertiary alicyclic amines) is 1. The number of carboxylic acids is 1. The van der Waals surface area contributed by atoms with E-state index in [1.54, 1.807) is 22.7 Å². The summed E-state index contributed by atoms with van der Waals surface area (Å²) >= 11 is 6.93. The summed E-state index contributed by atoms with van der Waals surface area (Å²) in [4.78, 5) is 16.1. The topological polar surface area (TPSA) is 40.5 Å². The van der Waals surface area contributed by atoms with Crippen molar-refractivity contribution in [2.75, 3.05) is 6.54 Å². The summed E-state index contributed by atoms with van der Waals surface area (Å²) in [6.07, 6.45) is 1.69. The lowest BCUT2D eigenvalue weighted by Crippen LogP contribution is -2.38. The Balaban J connectivity index is 2.02. The average molecular weight is 386 g/mol. The molecule has 2 aromatic rings. The Morgan fingerprint density at radius 2 is 2.29 bits per heavy atom. The molecule has 0 aliphatic carbocycles. The van der Waals surface area contributed by atoms with E-state index >= 15 is 0 Å². The fraction of sp³-hybridized carbons (Fsp3) is 0.400. The highest BCUT2D eigenvalue weighted by molar-refractivity contribution is 9.11. The lowest BCUT2D eigenvalue weighted by atomic mass is 10.1. The monoisotopic (exact) mass is 385 g/mol. The third kappa shape index (κ3) is 3.08. The van der Waals surface area contributed by atoms with Crippen LogP contribution in [0.25, 0.3) is 0 Å². The summed E-state index contributed by atoms with van der Waals surface area (Å²) in [5.41, 5.74) is 1.24. The number of hydrogen-bond donors (Lipinski definition) is 1. The molecule has 2 unspecified atom stereocenters. The van der Waals surface area contributed by atoms with Crippen LogP contribution in [-0.2, 0) is 4.79 Å². The zero-order chi connectivity index (χ0) is 15.0. The van der Waals surface area contributed by atoms with Gasteiger partial charge in [-0.15, -0.1) is 22.7 Å². The van der Waals surface area contributed by atoms with E-state index in [2.05, 4.69) is 45.3 Å². The van der Waals surface area contributed by atoms with Crippen LogP contribution in [0.2, 0.25) is 0 Å². The van der Waals surface area contributed by atoms with E-state index in [0.29, 0.717) is 0 Å². The van der Waals surface area contributed by atoms with Gasteiger partial charge >= 0.3 is 5.97 Å². The Kier molecular flexibility index (Phi) is 4.49. The SMILES string of the molecule is Cc1csc(C(c2ccc(Br)s2)N2CCCC2C(=O)O)c1. The van der Waals surface area contributed by atoms with Crippen molar-refractivity contribution in [3.05, 3.63) is 42.7 Å². The first-order valence-corrected chi connectivity index (χ1v) is 9.34. The Hall–Kier alpha value is -0.690. The lowest BCUT2D eigenvalue weighted by Gasteiger charge is -2.29. The molecule has 2 atom stereocenters. The first-order chi connectivity index (χ1) is 10.1. The van der Waals surface area contributed by atoms with E-state index in [0.717, 1.165) is 23.2 Å². The molecule has 0 spiro atoms. The number of hydrogen-bond acceptors (Lipinski definition) is 4. The van der Waals surface area contributed by atoms with Crippen molar-refractivity contribution in [1.29, 1.82) is 0 Å². The molecule has 0 radical (unpaired) electrons. The first kappa shape index (κ1) is 15.2. The Labute approximate surface area is 140 Å². The Bertz CT molecular complexity index is 611. The molecule has 0 aromatic carbocycles. The van der Waals surface area contributed by atoms with Crippen LogP contribution in [0, 0.1) is 6.92 Å². The molecule has 6 heteroatoms. The highest BCUT2D eigenvalue weighted by Crippen LogP contribution is 2.41. The summed E-state index contributed by atoms with van der Waals surface area (Å²) in [5.74, 6) is -0.707. The second-order valence-corrected chi connectivity index (χ2v) is 8.74. The van der Waals surface area contributed by atoms with E-state index in [1.807, 2.05) is 6.07 Å². The van der Waals surface area contributed by atoms with Crippen molar-refractivity contribution < 1.29 is 9.90 Å². The van der Waals surface area contributed by atoms with Crippen LogP contribution in [0.4, 0.5) is 0 Å². The molecule has 112 valence electrons. The standard InChI is InChI=1S/C15H16BrNO2S2/c1-9-7-12(20-8-9)14(11-4-5-13(16)21-11)17-6-2-3-10(17)15(18)19/h4-5,7-8,10,14H,2-3,6H2,1H3,(H,18,19). The number of rotatable bonds is 4. The quantitative estimate of drug-likeness (QED) is 0.840. The summed E-state index contributed by atoms with van der Waals surface area (Å²) in [6, 6.07) is 6.01. The smallest absolute Gasteiger partial charge is 0.320 e.